The van der Waals surface area contributed by atoms with E-state index in [1.165, 1.54) is 0 Å². The fourth-order valence-electron chi connectivity index (χ4n) is 1.18. The minimum atomic E-state index is 0.744. The second-order valence-electron chi connectivity index (χ2n) is 2.79. The molecule has 1 aliphatic heterocycles. The third kappa shape index (κ3) is 1.99. The van der Waals surface area contributed by atoms with Gasteiger partial charge in [0.05, 0.1) is 6.54 Å². The van der Waals surface area contributed by atoms with Gasteiger partial charge in [-0.3, -0.25) is 4.99 Å². The van der Waals surface area contributed by atoms with E-state index < -0.39 is 0 Å². The summed E-state index contributed by atoms with van der Waals surface area (Å²) in [7, 11) is 0. The Balaban J connectivity index is 2.24. The van der Waals surface area contributed by atoms with E-state index in [1.807, 2.05) is 24.3 Å². The first-order valence-electron chi connectivity index (χ1n) is 4.15. The van der Waals surface area contributed by atoms with Crippen molar-refractivity contribution in [2.45, 2.75) is 0 Å². The quantitative estimate of drug-likeness (QED) is 0.707. The predicted molar refractivity (Wildman–Crippen MR) is 54.0 cm³/mol. The highest BCUT2D eigenvalue weighted by atomic mass is 35.5. The van der Waals surface area contributed by atoms with Gasteiger partial charge in [0.2, 0.25) is 0 Å². The maximum Gasteiger partial charge on any atom is 0.142 e. The number of nitrogens with zero attached hydrogens (tertiary/aromatic N) is 1. The van der Waals surface area contributed by atoms with Crippen molar-refractivity contribution in [2.24, 2.45) is 4.99 Å². The van der Waals surface area contributed by atoms with Crippen LogP contribution in [0.3, 0.4) is 0 Å². The summed E-state index contributed by atoms with van der Waals surface area (Å²) < 4.78 is 0. The monoisotopic (exact) mass is 195 g/mol. The van der Waals surface area contributed by atoms with Gasteiger partial charge in [-0.1, -0.05) is 11.6 Å². The van der Waals surface area contributed by atoms with Crippen molar-refractivity contribution in [1.29, 1.82) is 0 Å². The Bertz CT molecular complexity index is 318. The average Bonchev–Trinajstić information content (AvgIpc) is 2.20. The lowest BCUT2D eigenvalue weighted by Gasteiger charge is -2.15. The van der Waals surface area contributed by atoms with E-state index in [2.05, 4.69) is 15.8 Å². The van der Waals surface area contributed by atoms with Crippen LogP contribution >= 0.6 is 11.6 Å². The van der Waals surface area contributed by atoms with E-state index >= 15 is 0 Å². The lowest BCUT2D eigenvalue weighted by Crippen LogP contribution is -2.43. The molecule has 0 atom stereocenters. The zero-order valence-corrected chi connectivity index (χ0v) is 7.80. The van der Waals surface area contributed by atoms with Crippen LogP contribution in [0.5, 0.6) is 0 Å². The summed E-state index contributed by atoms with van der Waals surface area (Å²) in [6, 6.07) is 7.60. The molecule has 1 aromatic rings. The Morgan fingerprint density at radius 1 is 1.23 bits per heavy atom. The summed E-state index contributed by atoms with van der Waals surface area (Å²) in [5.41, 5.74) is 7.10. The van der Waals surface area contributed by atoms with Crippen molar-refractivity contribution in [3.8, 4) is 0 Å². The molecule has 1 heterocycles. The molecule has 0 bridgehead atoms. The minimum Gasteiger partial charge on any atom is -0.306 e. The maximum absolute atomic E-state index is 5.77. The van der Waals surface area contributed by atoms with Gasteiger partial charge >= 0.3 is 0 Å². The van der Waals surface area contributed by atoms with Gasteiger partial charge in [-0.05, 0) is 24.3 Å². The number of halogens is 1. The molecule has 0 aromatic heterocycles. The van der Waals surface area contributed by atoms with E-state index in [1.54, 1.807) is 0 Å². The first-order chi connectivity index (χ1) is 6.36. The van der Waals surface area contributed by atoms with Gasteiger partial charge in [0.25, 0.3) is 0 Å². The molecule has 0 fully saturated rings. The molecular formula is C9H10ClN3. The molecule has 0 saturated heterocycles. The summed E-state index contributed by atoms with van der Waals surface area (Å²) in [6.07, 6.45) is 0. The fraction of sp³-hybridized carbons (Fsp3) is 0.222. The number of hydrogen-bond donors (Lipinski definition) is 2. The Hall–Kier alpha value is -1.06. The van der Waals surface area contributed by atoms with Gasteiger partial charge in [-0.25, -0.2) is 5.43 Å². The highest BCUT2D eigenvalue weighted by Gasteiger charge is 2.05. The summed E-state index contributed by atoms with van der Waals surface area (Å²) in [6.45, 7) is 1.68. The van der Waals surface area contributed by atoms with Crippen LogP contribution in [0.15, 0.2) is 29.3 Å². The topological polar surface area (TPSA) is 36.4 Å². The summed E-state index contributed by atoms with van der Waals surface area (Å²) in [5.74, 6) is 0.878. The van der Waals surface area contributed by atoms with E-state index in [9.17, 15) is 0 Å². The highest BCUT2D eigenvalue weighted by molar-refractivity contribution is 6.30. The molecule has 1 aromatic carbocycles. The molecule has 13 heavy (non-hydrogen) atoms. The second kappa shape index (κ2) is 3.77. The van der Waals surface area contributed by atoms with Crippen molar-refractivity contribution in [3.05, 3.63) is 34.9 Å². The second-order valence-corrected chi connectivity index (χ2v) is 3.23. The summed E-state index contributed by atoms with van der Waals surface area (Å²) in [5, 5.41) is 0.744. The summed E-state index contributed by atoms with van der Waals surface area (Å²) >= 11 is 5.77. The highest BCUT2D eigenvalue weighted by Crippen LogP contribution is 2.09. The van der Waals surface area contributed by atoms with Crippen molar-refractivity contribution in [3.63, 3.8) is 0 Å². The van der Waals surface area contributed by atoms with Crippen LogP contribution < -0.4 is 10.9 Å². The third-order valence-electron chi connectivity index (χ3n) is 1.83. The van der Waals surface area contributed by atoms with Gasteiger partial charge in [0.1, 0.15) is 5.84 Å². The van der Waals surface area contributed by atoms with Crippen molar-refractivity contribution < 1.29 is 0 Å². The smallest absolute Gasteiger partial charge is 0.142 e. The van der Waals surface area contributed by atoms with Gasteiger partial charge < -0.3 is 5.43 Å². The van der Waals surface area contributed by atoms with Gasteiger partial charge in [-0.15, -0.1) is 0 Å². The van der Waals surface area contributed by atoms with Gasteiger partial charge in [-0.2, -0.15) is 0 Å². The van der Waals surface area contributed by atoms with Crippen LogP contribution in [0.2, 0.25) is 5.02 Å². The molecular weight excluding hydrogens is 186 g/mol. The molecule has 0 amide bonds. The third-order valence-corrected chi connectivity index (χ3v) is 2.08. The van der Waals surface area contributed by atoms with E-state index in [4.69, 9.17) is 11.6 Å². The van der Waals surface area contributed by atoms with Crippen molar-refractivity contribution in [2.75, 3.05) is 13.1 Å². The van der Waals surface area contributed by atoms with Gasteiger partial charge in [0.15, 0.2) is 0 Å². The Labute approximate surface area is 81.8 Å². The predicted octanol–water partition coefficient (Wildman–Crippen LogP) is 1.19. The fourth-order valence-corrected chi connectivity index (χ4v) is 1.31. The minimum absolute atomic E-state index is 0.744. The molecule has 0 aliphatic carbocycles. The van der Waals surface area contributed by atoms with E-state index in [0.717, 1.165) is 29.5 Å². The van der Waals surface area contributed by atoms with Crippen LogP contribution in [0.1, 0.15) is 5.56 Å². The normalized spacial score (nSPS) is 16.2. The lowest BCUT2D eigenvalue weighted by molar-refractivity contribution is 0.627. The molecule has 2 rings (SSSR count). The Kier molecular flexibility index (Phi) is 2.47. The molecule has 1 aliphatic rings. The standard InChI is InChI=1S/C9H10ClN3/c10-8-3-1-7(2-4-8)9-11-5-6-12-13-9/h1-4,12H,5-6H2,(H,11,13). The SMILES string of the molecule is Clc1ccc(C2=NCCNN2)cc1. The Morgan fingerprint density at radius 3 is 2.62 bits per heavy atom. The number of amidine groups is 1. The van der Waals surface area contributed by atoms with Crippen LogP contribution in [0, 0.1) is 0 Å². The number of benzene rings is 1. The van der Waals surface area contributed by atoms with Crippen LogP contribution in [-0.4, -0.2) is 18.9 Å². The first-order valence-corrected chi connectivity index (χ1v) is 4.53. The maximum atomic E-state index is 5.77. The van der Waals surface area contributed by atoms with E-state index in [-0.39, 0.29) is 0 Å². The van der Waals surface area contributed by atoms with Crippen LogP contribution in [0.25, 0.3) is 0 Å². The molecule has 0 saturated carbocycles. The zero-order valence-electron chi connectivity index (χ0n) is 7.05. The van der Waals surface area contributed by atoms with Gasteiger partial charge in [0, 0.05) is 17.1 Å². The summed E-state index contributed by atoms with van der Waals surface area (Å²) in [4.78, 5) is 4.33. The molecule has 2 N–H and O–H groups in total. The first kappa shape index (κ1) is 8.53. The number of aliphatic imine (C=N–C) groups is 1. The van der Waals surface area contributed by atoms with Crippen molar-refractivity contribution >= 4 is 17.4 Å². The van der Waals surface area contributed by atoms with Crippen LogP contribution in [-0.2, 0) is 0 Å². The molecule has 4 heteroatoms. The number of rotatable bonds is 1. The Morgan fingerprint density at radius 2 is 2.00 bits per heavy atom. The number of hydrazine groups is 1. The van der Waals surface area contributed by atoms with Crippen LogP contribution in [0.4, 0.5) is 0 Å². The molecule has 0 spiro atoms. The van der Waals surface area contributed by atoms with E-state index in [0.29, 0.717) is 0 Å². The molecule has 0 radical (unpaired) electrons. The number of hydrogen-bond acceptors (Lipinski definition) is 3. The molecule has 0 unspecified atom stereocenters. The average molecular weight is 196 g/mol. The molecule has 3 nitrogen and oxygen atoms in total. The lowest BCUT2D eigenvalue weighted by atomic mass is 10.2. The molecule has 68 valence electrons. The largest absolute Gasteiger partial charge is 0.306 e. The zero-order chi connectivity index (χ0) is 9.10. The number of nitrogens with one attached hydrogen (secondary N) is 2. The van der Waals surface area contributed by atoms with Crippen molar-refractivity contribution in [1.82, 2.24) is 10.9 Å².